The summed E-state index contributed by atoms with van der Waals surface area (Å²) in [6, 6.07) is 9.55. The van der Waals surface area contributed by atoms with Gasteiger partial charge in [-0.05, 0) is 37.3 Å². The van der Waals surface area contributed by atoms with Crippen LogP contribution in [0.5, 0.6) is 11.5 Å². The van der Waals surface area contributed by atoms with Crippen LogP contribution < -0.4 is 10.2 Å². The highest BCUT2D eigenvalue weighted by Crippen LogP contribution is 2.28. The van der Waals surface area contributed by atoms with E-state index >= 15 is 0 Å². The lowest BCUT2D eigenvalue weighted by atomic mass is 10.2. The molecule has 0 saturated carbocycles. The zero-order valence-electron chi connectivity index (χ0n) is 12.2. The zero-order chi connectivity index (χ0) is 16.8. The summed E-state index contributed by atoms with van der Waals surface area (Å²) in [6.45, 7) is 2.24. The molecule has 23 heavy (non-hydrogen) atoms. The molecule has 0 aliphatic heterocycles. The van der Waals surface area contributed by atoms with Gasteiger partial charge in [0.15, 0.2) is 11.5 Å². The predicted molar refractivity (Wildman–Crippen MR) is 90.8 cm³/mol. The number of nitrogens with zero attached hydrogens (tertiary/aromatic N) is 1. The van der Waals surface area contributed by atoms with Gasteiger partial charge in [0.05, 0.1) is 23.4 Å². The molecular formula is C16H14Cl2N2O3. The van der Waals surface area contributed by atoms with Crippen LogP contribution in [0.15, 0.2) is 41.5 Å². The minimum atomic E-state index is -0.505. The summed E-state index contributed by atoms with van der Waals surface area (Å²) in [6.07, 6.45) is 1.31. The van der Waals surface area contributed by atoms with Gasteiger partial charge < -0.3 is 9.84 Å². The molecule has 0 aliphatic carbocycles. The topological polar surface area (TPSA) is 70.9 Å². The third-order valence-electron chi connectivity index (χ3n) is 2.87. The number of hydrogen-bond acceptors (Lipinski definition) is 4. The maximum absolute atomic E-state index is 12.0. The molecule has 2 N–H and O–H groups in total. The van der Waals surface area contributed by atoms with E-state index in [1.807, 2.05) is 6.92 Å². The molecule has 0 spiro atoms. The van der Waals surface area contributed by atoms with E-state index in [0.717, 1.165) is 0 Å². The van der Waals surface area contributed by atoms with Crippen molar-refractivity contribution in [3.8, 4) is 11.5 Å². The van der Waals surface area contributed by atoms with Crippen LogP contribution >= 0.6 is 23.2 Å². The molecule has 0 saturated heterocycles. The molecule has 0 bridgehead atoms. The number of aromatic hydroxyl groups is 1. The number of hydrogen-bond donors (Lipinski definition) is 2. The highest BCUT2D eigenvalue weighted by molar-refractivity contribution is 6.35. The average Bonchev–Trinajstić information content (AvgIpc) is 2.53. The summed E-state index contributed by atoms with van der Waals surface area (Å²) in [5, 5.41) is 14.5. The van der Waals surface area contributed by atoms with E-state index in [9.17, 15) is 9.90 Å². The molecular weight excluding hydrogens is 339 g/mol. The third-order valence-corrected chi connectivity index (χ3v) is 3.44. The van der Waals surface area contributed by atoms with Crippen LogP contribution in [0.3, 0.4) is 0 Å². The van der Waals surface area contributed by atoms with Crippen LogP contribution in [-0.2, 0) is 0 Å². The van der Waals surface area contributed by atoms with E-state index in [0.29, 0.717) is 22.9 Å². The van der Waals surface area contributed by atoms with Crippen molar-refractivity contribution in [2.24, 2.45) is 5.10 Å². The molecule has 7 heteroatoms. The number of rotatable bonds is 5. The monoisotopic (exact) mass is 352 g/mol. The van der Waals surface area contributed by atoms with Crippen LogP contribution in [-0.4, -0.2) is 23.8 Å². The minimum Gasteiger partial charge on any atom is -0.504 e. The lowest BCUT2D eigenvalue weighted by Crippen LogP contribution is -2.18. The Bertz CT molecular complexity index is 748. The number of nitrogens with one attached hydrogen (secondary N) is 1. The largest absolute Gasteiger partial charge is 0.504 e. The van der Waals surface area contributed by atoms with Crippen molar-refractivity contribution in [3.05, 3.63) is 57.6 Å². The fourth-order valence-corrected chi connectivity index (χ4v) is 2.18. The molecule has 0 unspecified atom stereocenters. The first kappa shape index (κ1) is 17.1. The molecule has 0 heterocycles. The molecule has 0 fully saturated rings. The highest BCUT2D eigenvalue weighted by Gasteiger charge is 2.10. The minimum absolute atomic E-state index is 0.0480. The van der Waals surface area contributed by atoms with Crippen LogP contribution in [0, 0.1) is 0 Å². The van der Waals surface area contributed by atoms with Crippen molar-refractivity contribution < 1.29 is 14.6 Å². The maximum atomic E-state index is 12.0. The van der Waals surface area contributed by atoms with Crippen molar-refractivity contribution in [2.75, 3.05) is 6.61 Å². The smallest absolute Gasteiger partial charge is 0.272 e. The van der Waals surface area contributed by atoms with E-state index in [4.69, 9.17) is 27.9 Å². The van der Waals surface area contributed by atoms with Gasteiger partial charge in [-0.3, -0.25) is 4.79 Å². The lowest BCUT2D eigenvalue weighted by molar-refractivity contribution is 0.0955. The number of ether oxygens (including phenoxy) is 1. The second-order valence-corrected chi connectivity index (χ2v) is 5.29. The van der Waals surface area contributed by atoms with E-state index in [2.05, 4.69) is 10.5 Å². The molecule has 120 valence electrons. The molecule has 1 amide bonds. The van der Waals surface area contributed by atoms with E-state index in [1.54, 1.807) is 24.3 Å². The summed E-state index contributed by atoms with van der Waals surface area (Å²) in [5.74, 6) is -0.206. The molecule has 2 rings (SSSR count). The Labute approximate surface area is 143 Å². The second kappa shape index (κ2) is 7.85. The van der Waals surface area contributed by atoms with Gasteiger partial charge in [0, 0.05) is 10.6 Å². The van der Waals surface area contributed by atoms with Crippen LogP contribution in [0.4, 0.5) is 0 Å². The number of carbonyl (C=O) groups is 1. The Morgan fingerprint density at radius 2 is 2.13 bits per heavy atom. The number of phenolic OH excluding ortho intramolecular Hbond substituents is 1. The van der Waals surface area contributed by atoms with Gasteiger partial charge in [0.25, 0.3) is 5.91 Å². The Balaban J connectivity index is 2.11. The van der Waals surface area contributed by atoms with Crippen molar-refractivity contribution in [2.45, 2.75) is 6.92 Å². The number of halogens is 2. The Morgan fingerprint density at radius 1 is 1.35 bits per heavy atom. The van der Waals surface area contributed by atoms with Crippen molar-refractivity contribution >= 4 is 35.3 Å². The van der Waals surface area contributed by atoms with E-state index in [1.165, 1.54) is 18.3 Å². The lowest BCUT2D eigenvalue weighted by Gasteiger charge is -2.07. The number of para-hydroxylation sites is 1. The number of amides is 1. The summed E-state index contributed by atoms with van der Waals surface area (Å²) in [5.41, 5.74) is 2.95. The van der Waals surface area contributed by atoms with Gasteiger partial charge in [-0.1, -0.05) is 29.3 Å². The Kier molecular flexibility index (Phi) is 5.84. The molecule has 0 aromatic heterocycles. The predicted octanol–water partition coefficient (Wildman–Crippen LogP) is 3.86. The summed E-state index contributed by atoms with van der Waals surface area (Å²) >= 11 is 11.8. The first-order valence-corrected chi connectivity index (χ1v) is 7.51. The van der Waals surface area contributed by atoms with Crippen LogP contribution in [0.2, 0.25) is 10.0 Å². The number of phenols is 1. The highest BCUT2D eigenvalue weighted by atomic mass is 35.5. The molecule has 2 aromatic carbocycles. The maximum Gasteiger partial charge on any atom is 0.272 e. The molecule has 2 aromatic rings. The van der Waals surface area contributed by atoms with Crippen molar-refractivity contribution in [1.82, 2.24) is 5.43 Å². The molecule has 0 aliphatic rings. The van der Waals surface area contributed by atoms with E-state index < -0.39 is 5.91 Å². The number of carbonyl (C=O) groups excluding carboxylic acids is 1. The SMILES string of the molecule is CCOc1cccc(/C=N/NC(=O)c2cc(Cl)ccc2Cl)c1O. The Hall–Kier alpha value is -2.24. The molecule has 5 nitrogen and oxygen atoms in total. The van der Waals surface area contributed by atoms with Gasteiger partial charge in [-0.2, -0.15) is 5.10 Å². The van der Waals surface area contributed by atoms with Crippen molar-refractivity contribution in [3.63, 3.8) is 0 Å². The summed E-state index contributed by atoms with van der Waals surface area (Å²) in [4.78, 5) is 12.0. The van der Waals surface area contributed by atoms with Gasteiger partial charge >= 0.3 is 0 Å². The van der Waals surface area contributed by atoms with Gasteiger partial charge in [-0.15, -0.1) is 0 Å². The van der Waals surface area contributed by atoms with Gasteiger partial charge in [0.2, 0.25) is 0 Å². The summed E-state index contributed by atoms with van der Waals surface area (Å²) in [7, 11) is 0. The first-order chi connectivity index (χ1) is 11.0. The van der Waals surface area contributed by atoms with E-state index in [-0.39, 0.29) is 16.3 Å². The van der Waals surface area contributed by atoms with Gasteiger partial charge in [0.1, 0.15) is 0 Å². The fraction of sp³-hybridized carbons (Fsp3) is 0.125. The Morgan fingerprint density at radius 3 is 2.87 bits per heavy atom. The second-order valence-electron chi connectivity index (χ2n) is 4.45. The normalized spacial score (nSPS) is 10.7. The number of benzene rings is 2. The van der Waals surface area contributed by atoms with Crippen LogP contribution in [0.1, 0.15) is 22.8 Å². The third kappa shape index (κ3) is 4.37. The quantitative estimate of drug-likeness (QED) is 0.633. The standard InChI is InChI=1S/C16H14Cl2N2O3/c1-2-23-14-5-3-4-10(15(14)21)9-19-20-16(22)12-8-11(17)6-7-13(12)18/h3-9,21H,2H2,1H3,(H,20,22)/b19-9+. The first-order valence-electron chi connectivity index (χ1n) is 6.76. The summed E-state index contributed by atoms with van der Waals surface area (Å²) < 4.78 is 5.27. The van der Waals surface area contributed by atoms with Gasteiger partial charge in [-0.25, -0.2) is 5.43 Å². The molecule has 0 radical (unpaired) electrons. The van der Waals surface area contributed by atoms with Crippen molar-refractivity contribution in [1.29, 1.82) is 0 Å². The zero-order valence-corrected chi connectivity index (χ0v) is 13.7. The molecule has 0 atom stereocenters. The van der Waals surface area contributed by atoms with Crippen LogP contribution in [0.25, 0.3) is 0 Å². The fourth-order valence-electron chi connectivity index (χ4n) is 1.81. The average molecular weight is 353 g/mol. The number of hydrazone groups is 1.